The van der Waals surface area contributed by atoms with Crippen LogP contribution in [0.2, 0.25) is 0 Å². The van der Waals surface area contributed by atoms with Gasteiger partial charge in [-0.15, -0.1) is 0 Å². The standard InChI is InChI=1S/C21H23IN4O2/c1-28-21(27)20(16-7-9-17(22)10-8-16)19-4-2-3-13-26(19)14-15-5-11-18(12-6-15)24-25-23/h5-12,19-20H,2-4,13-14H2,1H3/t19-,20+/m0/s1. The number of carbonyl (C=O) groups excluding carboxylic acids is 1. The lowest BCUT2D eigenvalue weighted by Crippen LogP contribution is -2.45. The molecule has 1 fully saturated rings. The molecule has 1 saturated heterocycles. The monoisotopic (exact) mass is 490 g/mol. The van der Waals surface area contributed by atoms with E-state index in [0.717, 1.165) is 47.0 Å². The summed E-state index contributed by atoms with van der Waals surface area (Å²) in [5, 5.41) is 3.62. The second-order valence-electron chi connectivity index (χ2n) is 6.94. The van der Waals surface area contributed by atoms with Gasteiger partial charge >= 0.3 is 5.97 Å². The summed E-state index contributed by atoms with van der Waals surface area (Å²) in [4.78, 5) is 17.9. The van der Waals surface area contributed by atoms with E-state index in [2.05, 4.69) is 37.5 Å². The topological polar surface area (TPSA) is 78.3 Å². The van der Waals surface area contributed by atoms with Gasteiger partial charge in [0.2, 0.25) is 0 Å². The van der Waals surface area contributed by atoms with E-state index in [1.165, 1.54) is 7.11 Å². The van der Waals surface area contributed by atoms with Crippen molar-refractivity contribution in [2.24, 2.45) is 5.11 Å². The SMILES string of the molecule is COC(=O)[C@H](c1ccc(I)cc1)[C@@H]1CCCCN1Cc1ccc(N=[N+]=[N-])cc1. The van der Waals surface area contributed by atoms with Crippen LogP contribution < -0.4 is 0 Å². The smallest absolute Gasteiger partial charge is 0.314 e. The number of carbonyl (C=O) groups is 1. The minimum atomic E-state index is -0.301. The van der Waals surface area contributed by atoms with Crippen molar-refractivity contribution in [1.82, 2.24) is 4.90 Å². The van der Waals surface area contributed by atoms with E-state index in [-0.39, 0.29) is 17.9 Å². The van der Waals surface area contributed by atoms with E-state index in [1.807, 2.05) is 48.5 Å². The average Bonchev–Trinajstić information content (AvgIpc) is 2.72. The van der Waals surface area contributed by atoms with E-state index in [9.17, 15) is 4.79 Å². The van der Waals surface area contributed by atoms with Gasteiger partial charge in [0.15, 0.2) is 0 Å². The molecule has 2 aromatic rings. The molecule has 0 bridgehead atoms. The summed E-state index contributed by atoms with van der Waals surface area (Å²) in [5.41, 5.74) is 11.3. The van der Waals surface area contributed by atoms with Crippen LogP contribution in [0.3, 0.4) is 0 Å². The maximum absolute atomic E-state index is 12.7. The van der Waals surface area contributed by atoms with Gasteiger partial charge in [0.25, 0.3) is 0 Å². The van der Waals surface area contributed by atoms with Crippen molar-refractivity contribution in [2.75, 3.05) is 13.7 Å². The molecule has 0 amide bonds. The van der Waals surface area contributed by atoms with Gasteiger partial charge in [-0.1, -0.05) is 47.9 Å². The second kappa shape index (κ2) is 9.91. The molecular formula is C21H23IN4O2. The Balaban J connectivity index is 1.85. The van der Waals surface area contributed by atoms with Crippen LogP contribution in [0.25, 0.3) is 10.4 Å². The zero-order valence-electron chi connectivity index (χ0n) is 15.8. The molecular weight excluding hydrogens is 467 g/mol. The number of hydrogen-bond acceptors (Lipinski definition) is 4. The Bertz CT molecular complexity index is 848. The molecule has 0 N–H and O–H groups in total. The summed E-state index contributed by atoms with van der Waals surface area (Å²) in [6, 6.07) is 15.8. The molecule has 146 valence electrons. The summed E-state index contributed by atoms with van der Waals surface area (Å²) >= 11 is 2.27. The number of nitrogens with zero attached hydrogens (tertiary/aromatic N) is 4. The van der Waals surface area contributed by atoms with Gasteiger partial charge in [-0.05, 0) is 70.8 Å². The van der Waals surface area contributed by atoms with E-state index in [1.54, 1.807) is 0 Å². The Hall–Kier alpha value is -2.09. The van der Waals surface area contributed by atoms with Crippen molar-refractivity contribution in [2.45, 2.75) is 37.8 Å². The highest BCUT2D eigenvalue weighted by atomic mass is 127. The van der Waals surface area contributed by atoms with Crippen LogP contribution in [0.15, 0.2) is 53.6 Å². The molecule has 0 aliphatic carbocycles. The highest BCUT2D eigenvalue weighted by Gasteiger charge is 2.36. The van der Waals surface area contributed by atoms with Crippen LogP contribution in [0.1, 0.15) is 36.3 Å². The van der Waals surface area contributed by atoms with Gasteiger partial charge in [0.05, 0.1) is 13.0 Å². The van der Waals surface area contributed by atoms with E-state index >= 15 is 0 Å². The molecule has 0 unspecified atom stereocenters. The fraction of sp³-hybridized carbons (Fsp3) is 0.381. The Labute approximate surface area is 178 Å². The zero-order valence-corrected chi connectivity index (χ0v) is 17.9. The molecule has 2 aromatic carbocycles. The van der Waals surface area contributed by atoms with E-state index < -0.39 is 0 Å². The number of benzene rings is 2. The van der Waals surface area contributed by atoms with Crippen LogP contribution in [0.5, 0.6) is 0 Å². The molecule has 7 heteroatoms. The number of piperidine rings is 1. The first kappa shape index (κ1) is 20.6. The molecule has 1 aliphatic rings. The predicted octanol–water partition coefficient (Wildman–Crippen LogP) is 5.54. The highest BCUT2D eigenvalue weighted by Crippen LogP contribution is 2.33. The first-order chi connectivity index (χ1) is 13.6. The summed E-state index contributed by atoms with van der Waals surface area (Å²) in [7, 11) is 1.46. The van der Waals surface area contributed by atoms with Crippen molar-refractivity contribution in [1.29, 1.82) is 0 Å². The van der Waals surface area contributed by atoms with Gasteiger partial charge in [-0.25, -0.2) is 0 Å². The molecule has 2 atom stereocenters. The van der Waals surface area contributed by atoms with Crippen molar-refractivity contribution >= 4 is 34.2 Å². The molecule has 0 radical (unpaired) electrons. The lowest BCUT2D eigenvalue weighted by molar-refractivity contribution is -0.144. The Kier molecular flexibility index (Phi) is 7.30. The van der Waals surface area contributed by atoms with Crippen molar-refractivity contribution < 1.29 is 9.53 Å². The molecule has 1 heterocycles. The number of esters is 1. The van der Waals surface area contributed by atoms with E-state index in [4.69, 9.17) is 10.3 Å². The normalized spacial score (nSPS) is 18.1. The lowest BCUT2D eigenvalue weighted by atomic mass is 9.85. The van der Waals surface area contributed by atoms with Gasteiger partial charge in [-0.3, -0.25) is 9.69 Å². The Morgan fingerprint density at radius 3 is 2.61 bits per heavy atom. The third-order valence-electron chi connectivity index (χ3n) is 5.22. The quantitative estimate of drug-likeness (QED) is 0.175. The van der Waals surface area contributed by atoms with Gasteiger partial charge < -0.3 is 4.74 Å². The summed E-state index contributed by atoms with van der Waals surface area (Å²) in [6.45, 7) is 1.69. The number of hydrogen-bond donors (Lipinski definition) is 0. The predicted molar refractivity (Wildman–Crippen MR) is 117 cm³/mol. The molecule has 28 heavy (non-hydrogen) atoms. The fourth-order valence-electron chi connectivity index (χ4n) is 3.86. The largest absolute Gasteiger partial charge is 0.469 e. The summed E-state index contributed by atoms with van der Waals surface area (Å²) < 4.78 is 6.32. The van der Waals surface area contributed by atoms with Crippen LogP contribution in [-0.2, 0) is 16.1 Å². The van der Waals surface area contributed by atoms with E-state index in [0.29, 0.717) is 5.69 Å². The maximum atomic E-state index is 12.7. The first-order valence-electron chi connectivity index (χ1n) is 9.33. The van der Waals surface area contributed by atoms with Gasteiger partial charge in [-0.2, -0.15) is 0 Å². The number of methoxy groups -OCH3 is 1. The number of ether oxygens (including phenoxy) is 1. The number of azide groups is 1. The van der Waals surface area contributed by atoms with Crippen LogP contribution in [-0.4, -0.2) is 30.6 Å². The average molecular weight is 490 g/mol. The Morgan fingerprint density at radius 2 is 1.96 bits per heavy atom. The molecule has 3 rings (SSSR count). The minimum Gasteiger partial charge on any atom is -0.469 e. The Morgan fingerprint density at radius 1 is 1.25 bits per heavy atom. The minimum absolute atomic E-state index is 0.0954. The number of likely N-dealkylation sites (tertiary alicyclic amines) is 1. The highest BCUT2D eigenvalue weighted by molar-refractivity contribution is 14.1. The first-order valence-corrected chi connectivity index (χ1v) is 10.4. The third kappa shape index (κ3) is 5.04. The zero-order chi connectivity index (χ0) is 19.9. The molecule has 0 saturated carbocycles. The van der Waals surface area contributed by atoms with Crippen molar-refractivity contribution in [3.05, 3.63) is 73.7 Å². The lowest BCUT2D eigenvalue weighted by Gasteiger charge is -2.39. The van der Waals surface area contributed by atoms with Crippen LogP contribution in [0, 0.1) is 3.57 Å². The summed E-state index contributed by atoms with van der Waals surface area (Å²) in [6.07, 6.45) is 3.19. The van der Waals surface area contributed by atoms with Crippen LogP contribution in [0.4, 0.5) is 5.69 Å². The molecule has 0 spiro atoms. The maximum Gasteiger partial charge on any atom is 0.314 e. The number of halogens is 1. The number of rotatable bonds is 6. The van der Waals surface area contributed by atoms with Gasteiger partial charge in [0.1, 0.15) is 0 Å². The van der Waals surface area contributed by atoms with Crippen LogP contribution >= 0.6 is 22.6 Å². The van der Waals surface area contributed by atoms with Gasteiger partial charge in [0, 0.05) is 26.8 Å². The molecule has 0 aromatic heterocycles. The molecule has 6 nitrogen and oxygen atoms in total. The van der Waals surface area contributed by atoms with Crippen molar-refractivity contribution in [3.63, 3.8) is 0 Å². The third-order valence-corrected chi connectivity index (χ3v) is 5.93. The summed E-state index contributed by atoms with van der Waals surface area (Å²) in [5.74, 6) is -0.485. The van der Waals surface area contributed by atoms with Crippen molar-refractivity contribution in [3.8, 4) is 0 Å². The second-order valence-corrected chi connectivity index (χ2v) is 8.19. The fourth-order valence-corrected chi connectivity index (χ4v) is 4.22. The molecule has 1 aliphatic heterocycles.